The van der Waals surface area contributed by atoms with Crippen molar-refractivity contribution in [3.05, 3.63) is 40.5 Å². The fraction of sp³-hybridized carbons (Fsp3) is 0.0769. The number of benzene rings is 1. The number of nitrogens with zero attached hydrogens (tertiary/aromatic N) is 2. The first-order valence-electron chi connectivity index (χ1n) is 6.06. The van der Waals surface area contributed by atoms with Crippen molar-refractivity contribution in [2.75, 3.05) is 0 Å². The topological polar surface area (TPSA) is 91.9 Å². The number of carboxylic acid groups (broad SMARTS) is 1. The molecule has 0 fully saturated rings. The predicted molar refractivity (Wildman–Crippen MR) is 92.6 cm³/mol. The van der Waals surface area contributed by atoms with E-state index >= 15 is 0 Å². The molecule has 0 aliphatic carbocycles. The number of carboxylic acids is 1. The first-order valence-corrected chi connectivity index (χ1v) is 8.88. The molecule has 1 aromatic heterocycles. The van der Waals surface area contributed by atoms with Gasteiger partial charge in [-0.15, -0.1) is 11.3 Å². The summed E-state index contributed by atoms with van der Waals surface area (Å²) < 4.78 is 2.61. The zero-order chi connectivity index (χ0) is 16.9. The van der Waals surface area contributed by atoms with Crippen molar-refractivity contribution in [1.82, 2.24) is 4.57 Å². The molecule has 1 aliphatic heterocycles. The summed E-state index contributed by atoms with van der Waals surface area (Å²) in [5, 5.41) is 20.2. The van der Waals surface area contributed by atoms with Crippen molar-refractivity contribution >= 4 is 72.9 Å². The minimum atomic E-state index is -1.14. The summed E-state index contributed by atoms with van der Waals surface area (Å²) >= 11 is 12.8. The fourth-order valence-corrected chi connectivity index (χ4v) is 4.85. The highest BCUT2D eigenvalue weighted by Gasteiger charge is 2.26. The Morgan fingerprint density at radius 3 is 2.74 bits per heavy atom. The highest BCUT2D eigenvalue weighted by Crippen LogP contribution is 2.32. The van der Waals surface area contributed by atoms with Gasteiger partial charge < -0.3 is 10.2 Å². The Labute approximate surface area is 154 Å². The van der Waals surface area contributed by atoms with Gasteiger partial charge >= 0.3 is 5.97 Å². The van der Waals surface area contributed by atoms with Crippen LogP contribution in [-0.2, 0) is 16.1 Å². The molecule has 23 heavy (non-hydrogen) atoms. The molecule has 6 nitrogen and oxygen atoms in total. The highest BCUT2D eigenvalue weighted by atomic mass is 79.9. The van der Waals surface area contributed by atoms with Gasteiger partial charge in [0.25, 0.3) is 5.91 Å². The van der Waals surface area contributed by atoms with Gasteiger partial charge in [-0.2, -0.15) is 0 Å². The van der Waals surface area contributed by atoms with E-state index in [0.717, 1.165) is 20.4 Å². The average Bonchev–Trinajstić information content (AvgIpc) is 2.90. The SMILES string of the molecule is O=C(O)Cn1c(O)c(C2=c3cc(Br)cc(Br)c3=NC2=O)sc1=S. The Morgan fingerprint density at radius 2 is 2.09 bits per heavy atom. The van der Waals surface area contributed by atoms with Gasteiger partial charge in [-0.1, -0.05) is 15.9 Å². The highest BCUT2D eigenvalue weighted by molar-refractivity contribution is 9.11. The van der Waals surface area contributed by atoms with E-state index in [1.807, 2.05) is 0 Å². The van der Waals surface area contributed by atoms with Gasteiger partial charge in [0.2, 0.25) is 5.88 Å². The Bertz CT molecular complexity index is 1060. The monoisotopic (exact) mass is 476 g/mol. The fourth-order valence-electron chi connectivity index (χ4n) is 2.20. The number of aliphatic carboxylic acids is 1. The summed E-state index contributed by atoms with van der Waals surface area (Å²) in [7, 11) is 0. The predicted octanol–water partition coefficient (Wildman–Crippen LogP) is 1.95. The zero-order valence-corrected chi connectivity index (χ0v) is 15.8. The summed E-state index contributed by atoms with van der Waals surface area (Å²) in [6.45, 7) is -0.477. The molecule has 0 spiro atoms. The summed E-state index contributed by atoms with van der Waals surface area (Å²) in [5.41, 5.74) is 0.208. The Hall–Kier alpha value is -1.36. The van der Waals surface area contributed by atoms with Gasteiger partial charge in [-0.25, -0.2) is 4.99 Å². The van der Waals surface area contributed by atoms with Crippen LogP contribution in [0.3, 0.4) is 0 Å². The number of carbonyl (C=O) groups excluding carboxylic acids is 1. The van der Waals surface area contributed by atoms with Gasteiger partial charge in [-0.05, 0) is 40.3 Å². The Balaban J connectivity index is 2.35. The maximum atomic E-state index is 12.3. The second kappa shape index (κ2) is 5.93. The molecule has 1 aliphatic rings. The van der Waals surface area contributed by atoms with Crippen LogP contribution in [0.15, 0.2) is 26.1 Å². The first-order chi connectivity index (χ1) is 10.8. The number of hydrogen-bond acceptors (Lipinski definition) is 5. The number of fused-ring (bicyclic) bond motifs is 1. The third-order valence-corrected chi connectivity index (χ3v) is 5.63. The molecule has 2 aromatic rings. The van der Waals surface area contributed by atoms with E-state index in [-0.39, 0.29) is 20.3 Å². The van der Waals surface area contributed by atoms with Crippen LogP contribution in [0.5, 0.6) is 5.88 Å². The van der Waals surface area contributed by atoms with E-state index in [9.17, 15) is 14.7 Å². The first kappa shape index (κ1) is 16.5. The van der Waals surface area contributed by atoms with Crippen molar-refractivity contribution in [2.24, 2.45) is 4.99 Å². The molecular weight excluding hydrogens is 472 g/mol. The third-order valence-electron chi connectivity index (χ3n) is 3.11. The molecule has 118 valence electrons. The van der Waals surface area contributed by atoms with Crippen LogP contribution in [0.25, 0.3) is 5.57 Å². The summed E-state index contributed by atoms with van der Waals surface area (Å²) in [6, 6.07) is 3.48. The lowest BCUT2D eigenvalue weighted by molar-refractivity contribution is -0.137. The number of carbonyl (C=O) groups is 2. The Kier molecular flexibility index (Phi) is 4.25. The second-order valence-corrected chi connectivity index (χ2v) is 7.99. The second-order valence-electron chi connectivity index (χ2n) is 4.58. The minimum absolute atomic E-state index is 0.169. The molecule has 0 radical (unpaired) electrons. The number of hydrogen-bond donors (Lipinski definition) is 2. The summed E-state index contributed by atoms with van der Waals surface area (Å²) in [5.74, 6) is -1.99. The molecule has 0 saturated heterocycles. The molecule has 0 atom stereocenters. The maximum absolute atomic E-state index is 12.3. The van der Waals surface area contributed by atoms with Gasteiger partial charge in [0.05, 0.1) is 10.9 Å². The van der Waals surface area contributed by atoms with Crippen LogP contribution in [0.1, 0.15) is 4.88 Å². The van der Waals surface area contributed by atoms with Crippen LogP contribution in [-0.4, -0.2) is 26.7 Å². The molecule has 1 amide bonds. The van der Waals surface area contributed by atoms with Crippen molar-refractivity contribution in [3.8, 4) is 5.88 Å². The van der Waals surface area contributed by atoms with E-state index in [2.05, 4.69) is 36.9 Å². The molecule has 1 aromatic carbocycles. The molecule has 2 N–H and O–H groups in total. The lowest BCUT2D eigenvalue weighted by atomic mass is 10.1. The number of amides is 1. The molecule has 10 heteroatoms. The van der Waals surface area contributed by atoms with E-state index in [1.54, 1.807) is 12.1 Å². The molecule has 0 saturated carbocycles. The maximum Gasteiger partial charge on any atom is 0.323 e. The van der Waals surface area contributed by atoms with Crippen LogP contribution in [0.4, 0.5) is 0 Å². The number of aromatic hydroxyl groups is 1. The number of thiazole rings is 1. The standard InChI is InChI=1S/C13H6Br2N2O4S2/c14-4-1-5-8(11(20)16-9(5)6(15)2-4)10-12(21)17(3-7(18)19)13(22)23-10/h1-2,21H,3H2,(H,18,19). The number of aromatic nitrogens is 1. The van der Waals surface area contributed by atoms with Gasteiger partial charge in [0.1, 0.15) is 11.4 Å². The van der Waals surface area contributed by atoms with Crippen LogP contribution in [0.2, 0.25) is 0 Å². The van der Waals surface area contributed by atoms with Crippen molar-refractivity contribution < 1.29 is 19.8 Å². The molecule has 3 rings (SSSR count). The lowest BCUT2D eigenvalue weighted by Crippen LogP contribution is -2.24. The van der Waals surface area contributed by atoms with Crippen LogP contribution in [0, 0.1) is 3.95 Å². The molecule has 2 heterocycles. The van der Waals surface area contributed by atoms with E-state index in [4.69, 9.17) is 17.3 Å². The quantitative estimate of drug-likeness (QED) is 0.659. The molecule has 0 unspecified atom stereocenters. The normalized spacial score (nSPS) is 13.1. The van der Waals surface area contributed by atoms with Crippen molar-refractivity contribution in [1.29, 1.82) is 0 Å². The molecule has 0 bridgehead atoms. The summed E-state index contributed by atoms with van der Waals surface area (Å²) in [6.07, 6.45) is 0. The van der Waals surface area contributed by atoms with Gasteiger partial charge in [0.15, 0.2) is 3.95 Å². The smallest absolute Gasteiger partial charge is 0.323 e. The van der Waals surface area contributed by atoms with Crippen molar-refractivity contribution in [3.63, 3.8) is 0 Å². The summed E-state index contributed by atoms with van der Waals surface area (Å²) in [4.78, 5) is 27.4. The van der Waals surface area contributed by atoms with E-state index < -0.39 is 18.4 Å². The zero-order valence-electron chi connectivity index (χ0n) is 11.0. The minimum Gasteiger partial charge on any atom is -0.493 e. The Morgan fingerprint density at radius 1 is 1.39 bits per heavy atom. The van der Waals surface area contributed by atoms with Gasteiger partial charge in [-0.3, -0.25) is 14.2 Å². The van der Waals surface area contributed by atoms with Crippen LogP contribution < -0.4 is 10.6 Å². The molecular formula is C13H6Br2N2O4S2. The van der Waals surface area contributed by atoms with E-state index in [0.29, 0.717) is 15.0 Å². The largest absolute Gasteiger partial charge is 0.493 e. The number of halogens is 2. The van der Waals surface area contributed by atoms with Gasteiger partial charge in [0, 0.05) is 14.2 Å². The lowest BCUT2D eigenvalue weighted by Gasteiger charge is -2.02. The average molecular weight is 478 g/mol. The van der Waals surface area contributed by atoms with Crippen LogP contribution >= 0.6 is 55.4 Å². The van der Waals surface area contributed by atoms with Crippen molar-refractivity contribution in [2.45, 2.75) is 6.54 Å². The third kappa shape index (κ3) is 2.80. The van der Waals surface area contributed by atoms with E-state index in [1.165, 1.54) is 0 Å². The number of rotatable bonds is 3.